The van der Waals surface area contributed by atoms with Crippen molar-refractivity contribution in [2.24, 2.45) is 5.73 Å². The van der Waals surface area contributed by atoms with E-state index in [1.807, 2.05) is 0 Å². The largest absolute Gasteiger partial charge is 0.481 e. The molecule has 3 nitrogen and oxygen atoms in total. The fraction of sp³-hybridized carbons (Fsp3) is 0.562. The van der Waals surface area contributed by atoms with Crippen molar-refractivity contribution in [1.29, 1.82) is 0 Å². The molecule has 0 heterocycles. The lowest BCUT2D eigenvalue weighted by Crippen LogP contribution is -2.16. The quantitative estimate of drug-likeness (QED) is 0.854. The number of carboxylic acids is 1. The van der Waals surface area contributed by atoms with Gasteiger partial charge in [0.05, 0.1) is 0 Å². The van der Waals surface area contributed by atoms with Gasteiger partial charge in [0.15, 0.2) is 0 Å². The second-order valence-electron chi connectivity index (χ2n) is 6.21. The SMILES string of the molecule is Cc1ccc(C(C)(C)C)cc1C(N)CCCC(=O)O. The Labute approximate surface area is 115 Å². The van der Waals surface area contributed by atoms with Gasteiger partial charge >= 0.3 is 5.97 Å². The number of carbonyl (C=O) groups is 1. The van der Waals surface area contributed by atoms with Crippen LogP contribution >= 0.6 is 0 Å². The highest BCUT2D eigenvalue weighted by molar-refractivity contribution is 5.66. The van der Waals surface area contributed by atoms with Crippen LogP contribution in [-0.4, -0.2) is 11.1 Å². The summed E-state index contributed by atoms with van der Waals surface area (Å²) in [6.07, 6.45) is 1.52. The van der Waals surface area contributed by atoms with E-state index in [0.717, 1.165) is 5.56 Å². The van der Waals surface area contributed by atoms with E-state index >= 15 is 0 Å². The fourth-order valence-corrected chi connectivity index (χ4v) is 2.14. The summed E-state index contributed by atoms with van der Waals surface area (Å²) in [5.74, 6) is -0.757. The summed E-state index contributed by atoms with van der Waals surface area (Å²) in [5.41, 5.74) is 9.88. The van der Waals surface area contributed by atoms with Crippen LogP contribution in [0.3, 0.4) is 0 Å². The van der Waals surface area contributed by atoms with Crippen LogP contribution in [0.2, 0.25) is 0 Å². The van der Waals surface area contributed by atoms with Gasteiger partial charge in [-0.05, 0) is 41.9 Å². The van der Waals surface area contributed by atoms with E-state index in [4.69, 9.17) is 10.8 Å². The number of carboxylic acid groups (broad SMARTS) is 1. The smallest absolute Gasteiger partial charge is 0.303 e. The summed E-state index contributed by atoms with van der Waals surface area (Å²) in [6.45, 7) is 8.59. The number of rotatable bonds is 5. The van der Waals surface area contributed by atoms with E-state index in [9.17, 15) is 4.79 Å². The third-order valence-corrected chi connectivity index (χ3v) is 3.45. The van der Waals surface area contributed by atoms with Crippen LogP contribution in [0.1, 0.15) is 62.8 Å². The maximum Gasteiger partial charge on any atom is 0.303 e. The van der Waals surface area contributed by atoms with Gasteiger partial charge < -0.3 is 10.8 Å². The summed E-state index contributed by atoms with van der Waals surface area (Å²) in [7, 11) is 0. The zero-order valence-electron chi connectivity index (χ0n) is 12.4. The lowest BCUT2D eigenvalue weighted by molar-refractivity contribution is -0.137. The first-order chi connectivity index (χ1) is 8.71. The van der Waals surface area contributed by atoms with E-state index in [1.54, 1.807) is 0 Å². The Morgan fingerprint density at radius 1 is 1.37 bits per heavy atom. The van der Waals surface area contributed by atoms with Crippen molar-refractivity contribution >= 4 is 5.97 Å². The number of aryl methyl sites for hydroxylation is 1. The Hall–Kier alpha value is -1.35. The maximum atomic E-state index is 10.5. The van der Waals surface area contributed by atoms with Crippen molar-refractivity contribution in [3.8, 4) is 0 Å². The summed E-state index contributed by atoms with van der Waals surface area (Å²) in [5, 5.41) is 8.66. The predicted octanol–water partition coefficient (Wildman–Crippen LogP) is 3.55. The van der Waals surface area contributed by atoms with Gasteiger partial charge in [0.1, 0.15) is 0 Å². The lowest BCUT2D eigenvalue weighted by Gasteiger charge is -2.23. The van der Waals surface area contributed by atoms with Crippen LogP contribution in [0.25, 0.3) is 0 Å². The van der Waals surface area contributed by atoms with Crippen LogP contribution in [0, 0.1) is 6.92 Å². The predicted molar refractivity (Wildman–Crippen MR) is 78.3 cm³/mol. The Morgan fingerprint density at radius 2 is 2.00 bits per heavy atom. The van der Waals surface area contributed by atoms with Crippen molar-refractivity contribution < 1.29 is 9.90 Å². The van der Waals surface area contributed by atoms with Gasteiger partial charge in [-0.15, -0.1) is 0 Å². The van der Waals surface area contributed by atoms with E-state index in [-0.39, 0.29) is 17.9 Å². The molecule has 1 aromatic carbocycles. The Morgan fingerprint density at radius 3 is 2.53 bits per heavy atom. The summed E-state index contributed by atoms with van der Waals surface area (Å²) >= 11 is 0. The number of hydrogen-bond acceptors (Lipinski definition) is 2. The minimum Gasteiger partial charge on any atom is -0.481 e. The van der Waals surface area contributed by atoms with Crippen molar-refractivity contribution in [2.75, 3.05) is 0 Å². The molecule has 3 N–H and O–H groups in total. The van der Waals surface area contributed by atoms with Gasteiger partial charge in [0.25, 0.3) is 0 Å². The Kier molecular flexibility index (Phi) is 5.12. The van der Waals surface area contributed by atoms with Gasteiger partial charge in [-0.2, -0.15) is 0 Å². The highest BCUT2D eigenvalue weighted by Gasteiger charge is 2.17. The average Bonchev–Trinajstić information content (AvgIpc) is 2.27. The molecule has 0 amide bonds. The molecule has 1 atom stereocenters. The molecule has 0 aromatic heterocycles. The molecule has 1 rings (SSSR count). The first-order valence-corrected chi connectivity index (χ1v) is 6.80. The second kappa shape index (κ2) is 6.20. The van der Waals surface area contributed by atoms with Gasteiger partial charge in [-0.25, -0.2) is 0 Å². The van der Waals surface area contributed by atoms with Crippen LogP contribution in [-0.2, 0) is 10.2 Å². The molecule has 0 aliphatic rings. The summed E-state index contributed by atoms with van der Waals surface area (Å²) in [6, 6.07) is 6.33. The van der Waals surface area contributed by atoms with E-state index in [0.29, 0.717) is 12.8 Å². The molecule has 0 bridgehead atoms. The Bertz CT molecular complexity index is 447. The molecule has 0 spiro atoms. The standard InChI is InChI=1S/C16H25NO2/c1-11-8-9-12(16(2,3)4)10-13(11)14(17)6-5-7-15(18)19/h8-10,14H,5-7,17H2,1-4H3,(H,18,19). The molecule has 0 aliphatic heterocycles. The lowest BCUT2D eigenvalue weighted by atomic mass is 9.84. The van der Waals surface area contributed by atoms with Crippen molar-refractivity contribution in [3.05, 3.63) is 34.9 Å². The van der Waals surface area contributed by atoms with Crippen LogP contribution in [0.5, 0.6) is 0 Å². The van der Waals surface area contributed by atoms with Crippen LogP contribution in [0.4, 0.5) is 0 Å². The third kappa shape index (κ3) is 4.67. The molecule has 0 radical (unpaired) electrons. The molecular formula is C16H25NO2. The molecule has 1 unspecified atom stereocenters. The summed E-state index contributed by atoms with van der Waals surface area (Å²) < 4.78 is 0. The van der Waals surface area contributed by atoms with Gasteiger partial charge in [0.2, 0.25) is 0 Å². The van der Waals surface area contributed by atoms with Crippen molar-refractivity contribution in [1.82, 2.24) is 0 Å². The molecule has 0 saturated carbocycles. The molecule has 3 heteroatoms. The first kappa shape index (κ1) is 15.7. The molecule has 0 fully saturated rings. The number of aliphatic carboxylic acids is 1. The number of nitrogens with two attached hydrogens (primary N) is 1. The van der Waals surface area contributed by atoms with E-state index in [2.05, 4.69) is 45.9 Å². The molecule has 106 valence electrons. The first-order valence-electron chi connectivity index (χ1n) is 6.80. The van der Waals surface area contributed by atoms with Crippen LogP contribution in [0.15, 0.2) is 18.2 Å². The third-order valence-electron chi connectivity index (χ3n) is 3.45. The van der Waals surface area contributed by atoms with E-state index in [1.165, 1.54) is 11.1 Å². The van der Waals surface area contributed by atoms with E-state index < -0.39 is 5.97 Å². The normalized spacial score (nSPS) is 13.3. The molecule has 1 aromatic rings. The Balaban J connectivity index is 2.83. The highest BCUT2D eigenvalue weighted by atomic mass is 16.4. The molecular weight excluding hydrogens is 238 g/mol. The summed E-state index contributed by atoms with van der Waals surface area (Å²) in [4.78, 5) is 10.5. The van der Waals surface area contributed by atoms with Gasteiger partial charge in [-0.1, -0.05) is 39.0 Å². The number of benzene rings is 1. The van der Waals surface area contributed by atoms with Gasteiger partial charge in [-0.3, -0.25) is 4.79 Å². The van der Waals surface area contributed by atoms with Crippen molar-refractivity contribution in [3.63, 3.8) is 0 Å². The second-order valence-corrected chi connectivity index (χ2v) is 6.21. The van der Waals surface area contributed by atoms with Gasteiger partial charge in [0, 0.05) is 12.5 Å². The minimum atomic E-state index is -0.757. The maximum absolute atomic E-state index is 10.5. The zero-order valence-corrected chi connectivity index (χ0v) is 12.4. The minimum absolute atomic E-state index is 0.0818. The molecule has 19 heavy (non-hydrogen) atoms. The van der Waals surface area contributed by atoms with Crippen LogP contribution < -0.4 is 5.73 Å². The fourth-order valence-electron chi connectivity index (χ4n) is 2.14. The topological polar surface area (TPSA) is 63.3 Å². The highest BCUT2D eigenvalue weighted by Crippen LogP contribution is 2.28. The van der Waals surface area contributed by atoms with Crippen molar-refractivity contribution in [2.45, 2.75) is 58.4 Å². The number of hydrogen-bond donors (Lipinski definition) is 2. The zero-order chi connectivity index (χ0) is 14.6. The molecule has 0 aliphatic carbocycles. The monoisotopic (exact) mass is 263 g/mol. The molecule has 0 saturated heterocycles. The average molecular weight is 263 g/mol.